The van der Waals surface area contributed by atoms with Crippen molar-refractivity contribution in [2.45, 2.75) is 51.6 Å². The summed E-state index contributed by atoms with van der Waals surface area (Å²) in [5, 5.41) is 5.34. The molecule has 0 unspecified atom stereocenters. The van der Waals surface area contributed by atoms with Crippen LogP contribution in [0.15, 0.2) is 12.1 Å². The van der Waals surface area contributed by atoms with Crippen molar-refractivity contribution in [1.29, 1.82) is 0 Å². The molecule has 1 aliphatic carbocycles. The largest absolute Gasteiger partial charge is 0.354 e. The third-order valence-electron chi connectivity index (χ3n) is 4.08. The van der Waals surface area contributed by atoms with Gasteiger partial charge in [-0.15, -0.1) is 0 Å². The van der Waals surface area contributed by atoms with Crippen LogP contribution < -0.4 is 10.6 Å². The Morgan fingerprint density at radius 1 is 1.12 bits per heavy atom. The van der Waals surface area contributed by atoms with E-state index < -0.39 is 28.9 Å². The van der Waals surface area contributed by atoms with Crippen LogP contribution in [0.3, 0.4) is 0 Å². The molecule has 2 amide bonds. The third kappa shape index (κ3) is 4.27. The number of carbonyl (C=O) groups is 2. The van der Waals surface area contributed by atoms with Gasteiger partial charge in [0.05, 0.1) is 0 Å². The van der Waals surface area contributed by atoms with Crippen molar-refractivity contribution in [1.82, 2.24) is 10.6 Å². The molecule has 0 bridgehead atoms. The summed E-state index contributed by atoms with van der Waals surface area (Å²) in [4.78, 5) is 24.2. The second kappa shape index (κ2) is 7.68. The second-order valence-electron chi connectivity index (χ2n) is 6.42. The SMILES string of the molecule is CC(C)NC(=O)[C@@H]1CCC[C@H](NC(=O)c2c(F)ccc(F)c2F)C1. The average molecular weight is 342 g/mol. The van der Waals surface area contributed by atoms with E-state index in [9.17, 15) is 22.8 Å². The number of rotatable bonds is 4. The van der Waals surface area contributed by atoms with Gasteiger partial charge in [-0.05, 0) is 45.2 Å². The van der Waals surface area contributed by atoms with Gasteiger partial charge in [0.25, 0.3) is 5.91 Å². The Labute approximate surface area is 138 Å². The van der Waals surface area contributed by atoms with Gasteiger partial charge < -0.3 is 10.6 Å². The normalized spacial score (nSPS) is 20.8. The van der Waals surface area contributed by atoms with E-state index in [1.807, 2.05) is 13.8 Å². The van der Waals surface area contributed by atoms with Crippen LogP contribution in [-0.4, -0.2) is 23.9 Å². The number of carbonyl (C=O) groups excluding carboxylic acids is 2. The van der Waals surface area contributed by atoms with Crippen LogP contribution in [0.2, 0.25) is 0 Å². The van der Waals surface area contributed by atoms with Crippen LogP contribution in [0.4, 0.5) is 13.2 Å². The number of halogens is 3. The van der Waals surface area contributed by atoms with Gasteiger partial charge >= 0.3 is 0 Å². The first-order valence-corrected chi connectivity index (χ1v) is 8.04. The van der Waals surface area contributed by atoms with E-state index in [1.54, 1.807) is 0 Å². The zero-order valence-corrected chi connectivity index (χ0v) is 13.7. The van der Waals surface area contributed by atoms with E-state index in [4.69, 9.17) is 0 Å². The summed E-state index contributed by atoms with van der Waals surface area (Å²) in [6.07, 6.45) is 2.42. The van der Waals surface area contributed by atoms with E-state index in [0.717, 1.165) is 6.42 Å². The molecule has 132 valence electrons. The van der Waals surface area contributed by atoms with Gasteiger partial charge in [0, 0.05) is 18.0 Å². The Bertz CT molecular complexity index is 635. The Kier molecular flexibility index (Phi) is 5.85. The molecule has 0 saturated heterocycles. The lowest BCUT2D eigenvalue weighted by molar-refractivity contribution is -0.126. The Morgan fingerprint density at radius 3 is 2.46 bits per heavy atom. The zero-order valence-electron chi connectivity index (χ0n) is 13.7. The molecule has 0 heterocycles. The maximum atomic E-state index is 13.7. The monoisotopic (exact) mass is 342 g/mol. The quantitative estimate of drug-likeness (QED) is 0.827. The van der Waals surface area contributed by atoms with Crippen molar-refractivity contribution < 1.29 is 22.8 Å². The van der Waals surface area contributed by atoms with E-state index in [1.165, 1.54) is 0 Å². The summed E-state index contributed by atoms with van der Waals surface area (Å²) in [5.41, 5.74) is -0.927. The molecular weight excluding hydrogens is 321 g/mol. The lowest BCUT2D eigenvalue weighted by Crippen LogP contribution is -2.44. The predicted octanol–water partition coefficient (Wildman–Crippen LogP) is 2.92. The molecule has 0 aliphatic heterocycles. The molecule has 1 fully saturated rings. The minimum atomic E-state index is -1.50. The molecule has 2 N–H and O–H groups in total. The first-order valence-electron chi connectivity index (χ1n) is 8.04. The van der Waals surface area contributed by atoms with Gasteiger partial charge in [0.1, 0.15) is 11.4 Å². The summed E-state index contributed by atoms with van der Waals surface area (Å²) >= 11 is 0. The Balaban J connectivity index is 2.04. The van der Waals surface area contributed by atoms with E-state index in [-0.39, 0.29) is 23.9 Å². The molecule has 4 nitrogen and oxygen atoms in total. The zero-order chi connectivity index (χ0) is 17.9. The van der Waals surface area contributed by atoms with Crippen LogP contribution in [0.1, 0.15) is 49.9 Å². The van der Waals surface area contributed by atoms with Crippen LogP contribution >= 0.6 is 0 Å². The van der Waals surface area contributed by atoms with Gasteiger partial charge in [-0.3, -0.25) is 9.59 Å². The van der Waals surface area contributed by atoms with Gasteiger partial charge in [0.2, 0.25) is 5.91 Å². The molecule has 0 radical (unpaired) electrons. The smallest absolute Gasteiger partial charge is 0.257 e. The second-order valence-corrected chi connectivity index (χ2v) is 6.42. The van der Waals surface area contributed by atoms with E-state index >= 15 is 0 Å². The van der Waals surface area contributed by atoms with Crippen LogP contribution in [0, 0.1) is 23.4 Å². The van der Waals surface area contributed by atoms with Crippen molar-refractivity contribution in [2.24, 2.45) is 5.92 Å². The number of nitrogens with one attached hydrogen (secondary N) is 2. The molecule has 1 aromatic rings. The fourth-order valence-corrected chi connectivity index (χ4v) is 2.95. The molecule has 1 saturated carbocycles. The molecule has 1 aromatic carbocycles. The lowest BCUT2D eigenvalue weighted by atomic mass is 9.85. The predicted molar refractivity (Wildman–Crippen MR) is 82.8 cm³/mol. The summed E-state index contributed by atoms with van der Waals surface area (Å²) in [7, 11) is 0. The minimum Gasteiger partial charge on any atom is -0.354 e. The molecule has 7 heteroatoms. The first kappa shape index (κ1) is 18.3. The van der Waals surface area contributed by atoms with Crippen molar-refractivity contribution in [3.8, 4) is 0 Å². The van der Waals surface area contributed by atoms with Crippen molar-refractivity contribution >= 4 is 11.8 Å². The van der Waals surface area contributed by atoms with Crippen LogP contribution in [0.25, 0.3) is 0 Å². The van der Waals surface area contributed by atoms with E-state index in [0.29, 0.717) is 31.4 Å². The average Bonchev–Trinajstić information content (AvgIpc) is 2.51. The van der Waals surface area contributed by atoms with Gasteiger partial charge in [-0.2, -0.15) is 0 Å². The number of amides is 2. The van der Waals surface area contributed by atoms with Crippen LogP contribution in [0.5, 0.6) is 0 Å². The van der Waals surface area contributed by atoms with Crippen molar-refractivity contribution in [2.75, 3.05) is 0 Å². The van der Waals surface area contributed by atoms with Gasteiger partial charge in [-0.25, -0.2) is 13.2 Å². The minimum absolute atomic E-state index is 0.0166. The summed E-state index contributed by atoms with van der Waals surface area (Å²) < 4.78 is 40.5. The molecule has 24 heavy (non-hydrogen) atoms. The highest BCUT2D eigenvalue weighted by Crippen LogP contribution is 2.25. The first-order chi connectivity index (χ1) is 11.3. The summed E-state index contributed by atoms with van der Waals surface area (Å²) in [6, 6.07) is 0.987. The molecule has 1 aliphatic rings. The maximum Gasteiger partial charge on any atom is 0.257 e. The number of benzene rings is 1. The summed E-state index contributed by atoms with van der Waals surface area (Å²) in [6.45, 7) is 3.71. The molecule has 2 rings (SSSR count). The third-order valence-corrected chi connectivity index (χ3v) is 4.08. The number of hydrogen-bond acceptors (Lipinski definition) is 2. The van der Waals surface area contributed by atoms with E-state index in [2.05, 4.69) is 10.6 Å². The number of hydrogen-bond donors (Lipinski definition) is 2. The Morgan fingerprint density at radius 2 is 1.79 bits per heavy atom. The van der Waals surface area contributed by atoms with Crippen molar-refractivity contribution in [3.63, 3.8) is 0 Å². The highest BCUT2D eigenvalue weighted by Gasteiger charge is 2.30. The molecule has 0 spiro atoms. The Hall–Kier alpha value is -2.05. The molecule has 0 aromatic heterocycles. The highest BCUT2D eigenvalue weighted by atomic mass is 19.2. The van der Waals surface area contributed by atoms with Crippen LogP contribution in [-0.2, 0) is 4.79 Å². The van der Waals surface area contributed by atoms with Crippen molar-refractivity contribution in [3.05, 3.63) is 35.1 Å². The maximum absolute atomic E-state index is 13.7. The highest BCUT2D eigenvalue weighted by molar-refractivity contribution is 5.95. The summed E-state index contributed by atoms with van der Waals surface area (Å²) in [5.74, 6) is -5.24. The van der Waals surface area contributed by atoms with Gasteiger partial charge in [0.15, 0.2) is 11.6 Å². The molecular formula is C17H21F3N2O2. The topological polar surface area (TPSA) is 58.2 Å². The fourth-order valence-electron chi connectivity index (χ4n) is 2.95. The fraction of sp³-hybridized carbons (Fsp3) is 0.529. The van der Waals surface area contributed by atoms with Gasteiger partial charge in [-0.1, -0.05) is 6.42 Å². The lowest BCUT2D eigenvalue weighted by Gasteiger charge is -2.29. The standard InChI is InChI=1S/C17H21F3N2O2/c1-9(2)21-16(23)10-4-3-5-11(8-10)22-17(24)14-12(18)6-7-13(19)15(14)20/h6-7,9-11H,3-5,8H2,1-2H3,(H,21,23)(H,22,24)/t10-,11+/m1/s1. The molecule has 2 atom stereocenters.